The van der Waals surface area contributed by atoms with Crippen LogP contribution >= 0.6 is 11.5 Å². The van der Waals surface area contributed by atoms with Crippen molar-refractivity contribution in [1.29, 1.82) is 0 Å². The number of aryl methyl sites for hydroxylation is 1. The number of carbonyl (C=O) groups excluding carboxylic acids is 1. The van der Waals surface area contributed by atoms with Crippen LogP contribution in [0.25, 0.3) is 21.1 Å². The molecule has 7 nitrogen and oxygen atoms in total. The van der Waals surface area contributed by atoms with Gasteiger partial charge >= 0.3 is 0 Å². The number of fused-ring (bicyclic) bond motifs is 3. The molecule has 0 spiro atoms. The summed E-state index contributed by atoms with van der Waals surface area (Å²) in [5.74, 6) is -0.661. The molecule has 2 N–H and O–H groups in total. The molecule has 1 unspecified atom stereocenters. The minimum atomic E-state index is -0.954. The maximum absolute atomic E-state index is 15.0. The first kappa shape index (κ1) is 21.2. The van der Waals surface area contributed by atoms with Gasteiger partial charge in [0.15, 0.2) is 6.23 Å². The number of H-pyrrole nitrogens is 1. The van der Waals surface area contributed by atoms with Crippen LogP contribution in [0.2, 0.25) is 0 Å². The van der Waals surface area contributed by atoms with Crippen molar-refractivity contribution in [2.75, 3.05) is 6.54 Å². The van der Waals surface area contributed by atoms with E-state index in [4.69, 9.17) is 0 Å². The number of carbonyl (C=O) groups is 1. The van der Waals surface area contributed by atoms with Gasteiger partial charge in [0, 0.05) is 29.1 Å². The Morgan fingerprint density at radius 3 is 2.68 bits per heavy atom. The molecule has 1 aliphatic carbocycles. The summed E-state index contributed by atoms with van der Waals surface area (Å²) < 4.78 is 19.6. The third-order valence-electron chi connectivity index (χ3n) is 6.83. The van der Waals surface area contributed by atoms with Crippen molar-refractivity contribution < 1.29 is 14.3 Å². The van der Waals surface area contributed by atoms with Crippen LogP contribution in [-0.2, 0) is 6.42 Å². The van der Waals surface area contributed by atoms with Gasteiger partial charge in [-0.1, -0.05) is 18.2 Å². The molecule has 0 radical (unpaired) electrons. The van der Waals surface area contributed by atoms with Crippen LogP contribution in [-0.4, -0.2) is 31.4 Å². The molecule has 6 rings (SSSR count). The largest absolute Gasteiger partial charge is 0.369 e. The summed E-state index contributed by atoms with van der Waals surface area (Å²) in [6.45, 7) is 0.370. The highest BCUT2D eigenvalue weighted by Gasteiger charge is 2.34. The molecule has 2 aromatic carbocycles. The summed E-state index contributed by atoms with van der Waals surface area (Å²) >= 11 is 1.15. The van der Waals surface area contributed by atoms with Crippen LogP contribution < -0.4 is 11.0 Å². The number of aromatic amines is 1. The summed E-state index contributed by atoms with van der Waals surface area (Å²) in [6, 6.07) is 10.2. The Kier molecular flexibility index (Phi) is 4.93. The van der Waals surface area contributed by atoms with E-state index < -0.39 is 23.0 Å². The molecule has 9 heteroatoms. The molecule has 3 heterocycles. The zero-order valence-corrected chi connectivity index (χ0v) is 19.0. The Hall–Kier alpha value is -3.30. The van der Waals surface area contributed by atoms with E-state index in [-0.39, 0.29) is 22.7 Å². The average Bonchev–Trinajstić information content (AvgIpc) is 3.55. The summed E-state index contributed by atoms with van der Waals surface area (Å²) in [7, 11) is 0. The Morgan fingerprint density at radius 2 is 1.91 bits per heavy atom. The van der Waals surface area contributed by atoms with Gasteiger partial charge < -0.3 is 14.6 Å². The molecule has 2 aromatic heterocycles. The highest BCUT2D eigenvalue weighted by molar-refractivity contribution is 7.12. The lowest BCUT2D eigenvalue weighted by Crippen LogP contribution is -2.29. The molecule has 1 atom stereocenters. The molecule has 0 saturated heterocycles. The lowest BCUT2D eigenvalue weighted by atomic mass is 10.0. The highest BCUT2D eigenvalue weighted by atomic mass is 32.1. The number of unbranched alkanes of at least 4 members (excludes halogenated alkanes) is 1. The molecule has 174 valence electrons. The second kappa shape index (κ2) is 7.89. The topological polar surface area (TPSA) is 95.4 Å². The molecular weight excluding hydrogens is 457 g/mol. The number of amides is 1. The van der Waals surface area contributed by atoms with Gasteiger partial charge in [-0.25, -0.2) is 4.39 Å². The Labute approximate surface area is 197 Å². The third-order valence-corrected chi connectivity index (χ3v) is 7.71. The normalized spacial score (nSPS) is 17.8. The number of aliphatic hydroxyl groups excluding tert-OH is 1. The molecular formula is C25H22FN3O4S. The summed E-state index contributed by atoms with van der Waals surface area (Å²) in [5, 5.41) is 10.8. The molecule has 2 aliphatic rings. The monoisotopic (exact) mass is 479 g/mol. The van der Waals surface area contributed by atoms with Crippen molar-refractivity contribution >= 4 is 38.6 Å². The molecule has 4 aromatic rings. The smallest absolute Gasteiger partial charge is 0.271 e. The zero-order chi connectivity index (χ0) is 23.6. The number of hydrogen-bond acceptors (Lipinski definition) is 5. The van der Waals surface area contributed by atoms with Gasteiger partial charge in [0.05, 0.1) is 5.52 Å². The van der Waals surface area contributed by atoms with Gasteiger partial charge in [-0.05, 0) is 67.4 Å². The van der Waals surface area contributed by atoms with Crippen LogP contribution in [0.4, 0.5) is 4.39 Å². The minimum absolute atomic E-state index is 0.103. The van der Waals surface area contributed by atoms with Crippen molar-refractivity contribution in [1.82, 2.24) is 13.8 Å². The summed E-state index contributed by atoms with van der Waals surface area (Å²) in [6.07, 6.45) is 2.61. The highest BCUT2D eigenvalue weighted by Crippen LogP contribution is 2.40. The number of halogens is 1. The molecule has 34 heavy (non-hydrogen) atoms. The van der Waals surface area contributed by atoms with Crippen molar-refractivity contribution in [2.24, 2.45) is 0 Å². The third kappa shape index (κ3) is 3.22. The fraction of sp³-hybridized carbons (Fsp3) is 0.320. The minimum Gasteiger partial charge on any atom is -0.369 e. The van der Waals surface area contributed by atoms with Gasteiger partial charge in [-0.2, -0.15) is 0 Å². The van der Waals surface area contributed by atoms with Crippen molar-refractivity contribution in [3.63, 3.8) is 0 Å². The number of nitrogens with one attached hydrogen (secondary N) is 1. The van der Waals surface area contributed by atoms with E-state index in [2.05, 4.69) is 4.37 Å². The first-order valence-electron chi connectivity index (χ1n) is 11.4. The summed E-state index contributed by atoms with van der Waals surface area (Å²) in [5.41, 5.74) is 1.44. The first-order valence-corrected chi connectivity index (χ1v) is 12.2. The van der Waals surface area contributed by atoms with Crippen LogP contribution in [0.5, 0.6) is 0 Å². The number of nitrogens with zero attached hydrogens (tertiary/aromatic N) is 2. The van der Waals surface area contributed by atoms with E-state index in [0.29, 0.717) is 52.8 Å². The second-order valence-electron chi connectivity index (χ2n) is 9.02. The molecule has 1 aliphatic heterocycles. The lowest BCUT2D eigenvalue weighted by Gasteiger charge is -2.20. The number of aliphatic hydroxyl groups is 1. The Bertz CT molecular complexity index is 1580. The van der Waals surface area contributed by atoms with Crippen LogP contribution in [0.1, 0.15) is 59.4 Å². The number of hydrogen-bond donors (Lipinski definition) is 2. The van der Waals surface area contributed by atoms with Gasteiger partial charge in [-0.3, -0.25) is 18.8 Å². The van der Waals surface area contributed by atoms with E-state index in [9.17, 15) is 23.9 Å². The number of aromatic nitrogens is 2. The van der Waals surface area contributed by atoms with Gasteiger partial charge in [0.2, 0.25) is 5.43 Å². The maximum Gasteiger partial charge on any atom is 0.271 e. The Morgan fingerprint density at radius 1 is 1.12 bits per heavy atom. The van der Waals surface area contributed by atoms with E-state index in [0.717, 1.165) is 24.4 Å². The zero-order valence-electron chi connectivity index (χ0n) is 18.2. The van der Waals surface area contributed by atoms with E-state index in [1.165, 1.54) is 11.0 Å². The number of benzene rings is 2. The SMILES string of the molecule is O=C1c2ccccc2C(O)N1CCCCc1cc2c(cc1F)c(=O)c1c(=O)[nH]sc1n2C1CC1. The predicted molar refractivity (Wildman–Crippen MR) is 128 cm³/mol. The van der Waals surface area contributed by atoms with E-state index in [1.807, 2.05) is 4.57 Å². The van der Waals surface area contributed by atoms with Gasteiger partial charge in [0.25, 0.3) is 11.5 Å². The quantitative estimate of drug-likeness (QED) is 0.411. The van der Waals surface area contributed by atoms with E-state index >= 15 is 0 Å². The standard InChI is InChI=1S/C25H22FN3O4S/c26-18-12-17-19(29(14-8-9-14)25-20(21(17)30)22(31)27-34-25)11-13(18)5-3-4-10-28-23(32)15-6-1-2-7-16(15)24(28)33/h1-2,6-7,11-12,14,23,32H,3-5,8-10H2,(H,27,31). The average molecular weight is 480 g/mol. The number of pyridine rings is 1. The first-order chi connectivity index (χ1) is 16.5. The summed E-state index contributed by atoms with van der Waals surface area (Å²) in [4.78, 5) is 39.8. The molecule has 1 amide bonds. The fourth-order valence-electron chi connectivity index (χ4n) is 4.95. The van der Waals surface area contributed by atoms with Crippen LogP contribution in [0, 0.1) is 5.82 Å². The van der Waals surface area contributed by atoms with Gasteiger partial charge in [0.1, 0.15) is 16.0 Å². The maximum atomic E-state index is 15.0. The predicted octanol–water partition coefficient (Wildman–Crippen LogP) is 3.85. The fourth-order valence-corrected chi connectivity index (χ4v) is 5.88. The van der Waals surface area contributed by atoms with Gasteiger partial charge in [-0.15, -0.1) is 0 Å². The number of rotatable bonds is 6. The van der Waals surface area contributed by atoms with Crippen LogP contribution in [0.15, 0.2) is 46.0 Å². The van der Waals surface area contributed by atoms with Crippen molar-refractivity contribution in [3.05, 3.63) is 79.5 Å². The van der Waals surface area contributed by atoms with E-state index in [1.54, 1.807) is 30.3 Å². The van der Waals surface area contributed by atoms with Crippen molar-refractivity contribution in [3.8, 4) is 0 Å². The molecule has 1 saturated carbocycles. The van der Waals surface area contributed by atoms with Crippen molar-refractivity contribution in [2.45, 2.75) is 44.4 Å². The van der Waals surface area contributed by atoms with Crippen LogP contribution in [0.3, 0.4) is 0 Å². The Balaban J connectivity index is 1.25. The molecule has 1 fully saturated rings. The second-order valence-corrected chi connectivity index (χ2v) is 9.82. The lowest BCUT2D eigenvalue weighted by molar-refractivity contribution is 0.0170. The molecule has 0 bridgehead atoms.